The Morgan fingerprint density at radius 2 is 0.721 bits per heavy atom. The van der Waals surface area contributed by atoms with E-state index < -0.39 is 23.5 Å². The summed E-state index contributed by atoms with van der Waals surface area (Å²) in [5.74, 6) is 0. The van der Waals surface area contributed by atoms with Crippen LogP contribution in [0.2, 0.25) is 0 Å². The first kappa shape index (κ1) is 41.1. The van der Waals surface area contributed by atoms with Crippen molar-refractivity contribution in [3.63, 3.8) is 0 Å². The van der Waals surface area contributed by atoms with Crippen molar-refractivity contribution in [3.05, 3.63) is 230 Å². The summed E-state index contributed by atoms with van der Waals surface area (Å²) in [5, 5.41) is 6.14. The van der Waals surface area contributed by atoms with Crippen LogP contribution in [0, 0.1) is 0 Å². The second-order valence-corrected chi connectivity index (χ2v) is 17.1. The van der Waals surface area contributed by atoms with E-state index in [0.717, 1.165) is 112 Å². The molecule has 328 valence electrons. The molecule has 0 atom stereocenters. The Hall–Kier alpha value is -8.36. The number of benzene rings is 10. The van der Waals surface area contributed by atoms with Gasteiger partial charge in [0.05, 0.1) is 33.2 Å². The zero-order chi connectivity index (χ0) is 46.3. The number of alkyl halides is 6. The fraction of sp³-hybridized carbons (Fsp3) is 0.0333. The Morgan fingerprint density at radius 1 is 0.279 bits per heavy atom. The van der Waals surface area contributed by atoms with E-state index in [1.54, 1.807) is 6.07 Å². The molecule has 0 fully saturated rings. The molecule has 0 spiro atoms. The Kier molecular flexibility index (Phi) is 9.45. The maximum atomic E-state index is 13.8. The second-order valence-electron chi connectivity index (χ2n) is 17.1. The molecule has 0 aliphatic heterocycles. The molecule has 12 rings (SSSR count). The minimum absolute atomic E-state index is 0.487. The molecule has 0 N–H and O–H groups in total. The van der Waals surface area contributed by atoms with Crippen LogP contribution in [0.25, 0.3) is 110 Å². The van der Waals surface area contributed by atoms with Gasteiger partial charge in [0.15, 0.2) is 0 Å². The standard InChI is InChI=1S/C60H36F6N2/c61-59(62,63)44-26-20-37(21-27-44)40-25-31-54-53(33-40)52-30-24-43(36-57(52)67(54)46-14-3-1-4-15-46)49-19-9-11-38-10-8-18-48(58(38)49)42-23-29-51-50-28-22-41(39-12-7-13-45(32-39)60(64,65)66)34-55(50)68(56(51)35-42)47-16-5-2-6-17-47/h1-36H. The number of hydrogen-bond acceptors (Lipinski definition) is 0. The molecule has 8 heteroatoms. The molecule has 2 heterocycles. The number of nitrogens with zero attached hydrogens (tertiary/aromatic N) is 2. The maximum Gasteiger partial charge on any atom is 0.416 e. The quantitative estimate of drug-likeness (QED) is 0.147. The number of hydrogen-bond donors (Lipinski definition) is 0. The van der Waals surface area contributed by atoms with E-state index in [9.17, 15) is 26.3 Å². The molecule has 0 amide bonds. The lowest BCUT2D eigenvalue weighted by molar-refractivity contribution is -0.138. The predicted molar refractivity (Wildman–Crippen MR) is 264 cm³/mol. The summed E-state index contributed by atoms with van der Waals surface area (Å²) in [5.41, 5.74) is 11.1. The topological polar surface area (TPSA) is 9.86 Å². The molecule has 2 nitrogen and oxygen atoms in total. The summed E-state index contributed by atoms with van der Waals surface area (Å²) < 4.78 is 86.2. The van der Waals surface area contributed by atoms with Gasteiger partial charge in [0, 0.05) is 32.9 Å². The molecule has 0 saturated carbocycles. The van der Waals surface area contributed by atoms with Crippen molar-refractivity contribution in [1.82, 2.24) is 9.13 Å². The van der Waals surface area contributed by atoms with Gasteiger partial charge in [0.2, 0.25) is 0 Å². The average molecular weight is 899 g/mol. The first-order chi connectivity index (χ1) is 33.0. The molecule has 0 unspecified atom stereocenters. The highest BCUT2D eigenvalue weighted by atomic mass is 19.4. The largest absolute Gasteiger partial charge is 0.416 e. The van der Waals surface area contributed by atoms with Gasteiger partial charge in [-0.05, 0) is 134 Å². The highest BCUT2D eigenvalue weighted by Crippen LogP contribution is 2.44. The van der Waals surface area contributed by atoms with Crippen LogP contribution in [0.3, 0.4) is 0 Å². The van der Waals surface area contributed by atoms with Crippen molar-refractivity contribution in [2.24, 2.45) is 0 Å². The van der Waals surface area contributed by atoms with Gasteiger partial charge in [-0.2, -0.15) is 26.3 Å². The molecule has 0 radical (unpaired) electrons. The van der Waals surface area contributed by atoms with Crippen molar-refractivity contribution in [2.45, 2.75) is 12.4 Å². The smallest absolute Gasteiger partial charge is 0.309 e. The van der Waals surface area contributed by atoms with Crippen LogP contribution in [-0.2, 0) is 12.4 Å². The average Bonchev–Trinajstić information content (AvgIpc) is 3.87. The molecule has 12 aromatic rings. The van der Waals surface area contributed by atoms with Crippen molar-refractivity contribution in [3.8, 4) is 55.9 Å². The SMILES string of the molecule is FC(F)(F)c1ccc(-c2ccc3c(c2)c2ccc(-c4cccc5cccc(-c6ccc7c8ccc(-c9cccc(C(F)(F)F)c9)cc8n(-c8ccccc8)c7c6)c45)cc2n3-c2ccccc2)cc1. The van der Waals surface area contributed by atoms with Crippen LogP contribution in [0.1, 0.15) is 11.1 Å². The first-order valence-corrected chi connectivity index (χ1v) is 22.1. The van der Waals surface area contributed by atoms with Gasteiger partial charge >= 0.3 is 12.4 Å². The fourth-order valence-electron chi connectivity index (χ4n) is 9.99. The van der Waals surface area contributed by atoms with Gasteiger partial charge in [-0.25, -0.2) is 0 Å². The Balaban J connectivity index is 1.03. The van der Waals surface area contributed by atoms with Crippen LogP contribution in [0.15, 0.2) is 218 Å². The van der Waals surface area contributed by atoms with Gasteiger partial charge in [0.25, 0.3) is 0 Å². The molecule has 68 heavy (non-hydrogen) atoms. The zero-order valence-electron chi connectivity index (χ0n) is 35.9. The van der Waals surface area contributed by atoms with Gasteiger partial charge in [-0.15, -0.1) is 0 Å². The molecule has 0 aliphatic carbocycles. The summed E-state index contributed by atoms with van der Waals surface area (Å²) >= 11 is 0. The van der Waals surface area contributed by atoms with Crippen LogP contribution in [0.4, 0.5) is 26.3 Å². The van der Waals surface area contributed by atoms with Gasteiger partial charge < -0.3 is 9.13 Å². The molecule has 0 saturated heterocycles. The minimum atomic E-state index is -4.46. The third kappa shape index (κ3) is 6.91. The second kappa shape index (κ2) is 15.6. The highest BCUT2D eigenvalue weighted by molar-refractivity contribution is 6.15. The summed E-state index contributed by atoms with van der Waals surface area (Å²) in [6.07, 6.45) is -8.88. The Labute approximate surface area is 386 Å². The molecular formula is C60H36F6N2. The lowest BCUT2D eigenvalue weighted by Gasteiger charge is -2.14. The van der Waals surface area contributed by atoms with E-state index in [4.69, 9.17) is 0 Å². The zero-order valence-corrected chi connectivity index (χ0v) is 35.9. The Bertz CT molecular complexity index is 3910. The molecule has 0 bridgehead atoms. The van der Waals surface area contributed by atoms with Gasteiger partial charge in [-0.3, -0.25) is 0 Å². The lowest BCUT2D eigenvalue weighted by Crippen LogP contribution is -2.04. The third-order valence-electron chi connectivity index (χ3n) is 13.2. The minimum Gasteiger partial charge on any atom is -0.309 e. The van der Waals surface area contributed by atoms with E-state index in [0.29, 0.717) is 16.7 Å². The van der Waals surface area contributed by atoms with E-state index >= 15 is 0 Å². The lowest BCUT2D eigenvalue weighted by atomic mass is 9.91. The summed E-state index contributed by atoms with van der Waals surface area (Å²) in [6.45, 7) is 0. The molecule has 2 aromatic heterocycles. The fourth-order valence-corrected chi connectivity index (χ4v) is 9.99. The molecule has 0 aliphatic rings. The summed E-state index contributed by atoms with van der Waals surface area (Å²) in [6, 6.07) is 68.6. The van der Waals surface area contributed by atoms with E-state index in [2.05, 4.69) is 100 Å². The van der Waals surface area contributed by atoms with Crippen LogP contribution in [-0.4, -0.2) is 9.13 Å². The van der Waals surface area contributed by atoms with Crippen molar-refractivity contribution >= 4 is 54.4 Å². The van der Waals surface area contributed by atoms with Crippen molar-refractivity contribution < 1.29 is 26.3 Å². The number of rotatable bonds is 6. The first-order valence-electron chi connectivity index (χ1n) is 22.1. The summed E-state index contributed by atoms with van der Waals surface area (Å²) in [4.78, 5) is 0. The number of fused-ring (bicyclic) bond motifs is 7. The van der Waals surface area contributed by atoms with Crippen LogP contribution in [0.5, 0.6) is 0 Å². The van der Waals surface area contributed by atoms with E-state index in [1.807, 2.05) is 78.9 Å². The van der Waals surface area contributed by atoms with Crippen LogP contribution < -0.4 is 0 Å². The van der Waals surface area contributed by atoms with E-state index in [1.165, 1.54) is 24.3 Å². The Morgan fingerprint density at radius 3 is 1.28 bits per heavy atom. The normalized spacial score (nSPS) is 12.3. The molecular weight excluding hydrogens is 863 g/mol. The van der Waals surface area contributed by atoms with E-state index in [-0.39, 0.29) is 0 Å². The van der Waals surface area contributed by atoms with Crippen molar-refractivity contribution in [1.29, 1.82) is 0 Å². The number of halogens is 6. The summed E-state index contributed by atoms with van der Waals surface area (Å²) in [7, 11) is 0. The highest BCUT2D eigenvalue weighted by Gasteiger charge is 2.31. The third-order valence-corrected chi connectivity index (χ3v) is 13.2. The number of aromatic nitrogens is 2. The van der Waals surface area contributed by atoms with Gasteiger partial charge in [-0.1, -0.05) is 140 Å². The van der Waals surface area contributed by atoms with Crippen LogP contribution >= 0.6 is 0 Å². The maximum absolute atomic E-state index is 13.8. The van der Waals surface area contributed by atoms with Crippen molar-refractivity contribution in [2.75, 3.05) is 0 Å². The van der Waals surface area contributed by atoms with Gasteiger partial charge in [0.1, 0.15) is 0 Å². The monoisotopic (exact) mass is 898 g/mol. The predicted octanol–water partition coefficient (Wildman–Crippen LogP) is 17.7. The molecule has 10 aromatic carbocycles. The number of para-hydroxylation sites is 2.